The molecule has 0 aliphatic rings. The molecule has 2 aromatic heterocycles. The van der Waals surface area contributed by atoms with E-state index in [4.69, 9.17) is 5.73 Å². The summed E-state index contributed by atoms with van der Waals surface area (Å²) in [4.78, 5) is 12.2. The van der Waals surface area contributed by atoms with E-state index in [0.717, 1.165) is 29.7 Å². The summed E-state index contributed by atoms with van der Waals surface area (Å²) in [5.41, 5.74) is 6.69. The van der Waals surface area contributed by atoms with Crippen molar-refractivity contribution in [3.05, 3.63) is 46.7 Å². The summed E-state index contributed by atoms with van der Waals surface area (Å²) in [6.45, 7) is 0.904. The normalized spacial score (nSPS) is 10.8. The number of benzene rings is 1. The predicted octanol–water partition coefficient (Wildman–Crippen LogP) is 2.95. The lowest BCUT2D eigenvalue weighted by Crippen LogP contribution is -2.22. The number of aromatic nitrogens is 2. The second-order valence-corrected chi connectivity index (χ2v) is 5.71. The molecule has 0 spiro atoms. The van der Waals surface area contributed by atoms with Crippen LogP contribution >= 0.6 is 11.3 Å². The minimum Gasteiger partial charge on any atom is -0.368 e. The number of nitrogens with two attached hydrogens (primary N) is 1. The molecule has 2 heterocycles. The molecule has 3 aromatic rings. The van der Waals surface area contributed by atoms with Crippen LogP contribution in [-0.4, -0.2) is 23.6 Å². The molecule has 1 aromatic carbocycles. The van der Waals surface area contributed by atoms with Crippen LogP contribution in [0.1, 0.15) is 4.88 Å². The highest BCUT2D eigenvalue weighted by atomic mass is 32.1. The van der Waals surface area contributed by atoms with E-state index in [1.807, 2.05) is 31.3 Å². The fourth-order valence-electron chi connectivity index (χ4n) is 2.21. The maximum absolute atomic E-state index is 5.81. The summed E-state index contributed by atoms with van der Waals surface area (Å²) in [5, 5.41) is 3.14. The Morgan fingerprint density at radius 1 is 1.15 bits per heavy atom. The lowest BCUT2D eigenvalue weighted by Gasteiger charge is -2.19. The zero-order valence-corrected chi connectivity index (χ0v) is 12.1. The lowest BCUT2D eigenvalue weighted by atomic mass is 10.2. The molecule has 0 aliphatic heterocycles. The van der Waals surface area contributed by atoms with Gasteiger partial charge in [-0.15, -0.1) is 11.3 Å². The third kappa shape index (κ3) is 2.58. The van der Waals surface area contributed by atoms with Crippen LogP contribution in [0, 0.1) is 0 Å². The van der Waals surface area contributed by atoms with Crippen molar-refractivity contribution >= 4 is 34.0 Å². The number of para-hydroxylation sites is 1. The fraction of sp³-hybridized carbons (Fsp3) is 0.200. The van der Waals surface area contributed by atoms with E-state index in [1.54, 1.807) is 11.3 Å². The molecule has 0 amide bonds. The summed E-state index contributed by atoms with van der Waals surface area (Å²) < 4.78 is 0. The zero-order chi connectivity index (χ0) is 13.9. The number of nitrogen functional groups attached to an aromatic ring is 1. The number of hydrogen-bond donors (Lipinski definition) is 1. The van der Waals surface area contributed by atoms with E-state index in [2.05, 4.69) is 32.4 Å². The molecule has 20 heavy (non-hydrogen) atoms. The second-order valence-electron chi connectivity index (χ2n) is 4.67. The van der Waals surface area contributed by atoms with Gasteiger partial charge in [0.2, 0.25) is 5.95 Å². The van der Waals surface area contributed by atoms with Crippen LogP contribution in [-0.2, 0) is 6.42 Å². The first kappa shape index (κ1) is 12.9. The molecule has 0 saturated carbocycles. The van der Waals surface area contributed by atoms with Gasteiger partial charge in [0.1, 0.15) is 5.82 Å². The van der Waals surface area contributed by atoms with Crippen LogP contribution < -0.4 is 10.6 Å². The summed E-state index contributed by atoms with van der Waals surface area (Å²) in [6, 6.07) is 12.2. The number of nitrogens with zero attached hydrogens (tertiary/aromatic N) is 3. The molecular weight excluding hydrogens is 268 g/mol. The minimum absolute atomic E-state index is 0.321. The zero-order valence-electron chi connectivity index (χ0n) is 11.3. The second kappa shape index (κ2) is 5.46. The molecule has 0 fully saturated rings. The van der Waals surface area contributed by atoms with Gasteiger partial charge >= 0.3 is 0 Å². The number of thiophene rings is 1. The molecule has 0 aliphatic carbocycles. The summed E-state index contributed by atoms with van der Waals surface area (Å²) >= 11 is 1.78. The maximum atomic E-state index is 5.81. The van der Waals surface area contributed by atoms with Gasteiger partial charge in [0.25, 0.3) is 0 Å². The number of likely N-dealkylation sites (N-methyl/N-ethyl adjacent to an activating group) is 1. The van der Waals surface area contributed by atoms with E-state index in [9.17, 15) is 0 Å². The van der Waals surface area contributed by atoms with E-state index in [-0.39, 0.29) is 0 Å². The van der Waals surface area contributed by atoms with Gasteiger partial charge in [0.05, 0.1) is 5.52 Å². The Morgan fingerprint density at radius 3 is 2.80 bits per heavy atom. The van der Waals surface area contributed by atoms with Crippen molar-refractivity contribution in [1.29, 1.82) is 0 Å². The lowest BCUT2D eigenvalue weighted by molar-refractivity contribution is 0.873. The first-order chi connectivity index (χ1) is 9.74. The van der Waals surface area contributed by atoms with Crippen LogP contribution in [0.2, 0.25) is 0 Å². The number of fused-ring (bicyclic) bond motifs is 1. The maximum Gasteiger partial charge on any atom is 0.222 e. The number of anilines is 2. The molecule has 0 saturated heterocycles. The third-order valence-electron chi connectivity index (χ3n) is 3.24. The summed E-state index contributed by atoms with van der Waals surface area (Å²) in [7, 11) is 2.04. The Bertz CT molecular complexity index is 709. The Kier molecular flexibility index (Phi) is 3.52. The topological polar surface area (TPSA) is 55.0 Å². The van der Waals surface area contributed by atoms with Gasteiger partial charge in [0, 0.05) is 23.9 Å². The Hall–Kier alpha value is -2.14. The number of rotatable bonds is 4. The highest BCUT2D eigenvalue weighted by Gasteiger charge is 2.10. The quantitative estimate of drug-likeness (QED) is 0.800. The smallest absolute Gasteiger partial charge is 0.222 e. The van der Waals surface area contributed by atoms with Crippen LogP contribution in [0.25, 0.3) is 10.9 Å². The molecule has 4 nitrogen and oxygen atoms in total. The van der Waals surface area contributed by atoms with Gasteiger partial charge in [-0.1, -0.05) is 18.2 Å². The van der Waals surface area contributed by atoms with Crippen molar-refractivity contribution in [3.8, 4) is 0 Å². The van der Waals surface area contributed by atoms with Crippen molar-refractivity contribution in [3.63, 3.8) is 0 Å². The predicted molar refractivity (Wildman–Crippen MR) is 85.2 cm³/mol. The monoisotopic (exact) mass is 284 g/mol. The summed E-state index contributed by atoms with van der Waals surface area (Å²) in [5.74, 6) is 1.21. The average molecular weight is 284 g/mol. The van der Waals surface area contributed by atoms with Crippen molar-refractivity contribution in [2.45, 2.75) is 6.42 Å². The fourth-order valence-corrected chi connectivity index (χ4v) is 2.91. The first-order valence-corrected chi connectivity index (χ1v) is 7.38. The molecule has 2 N–H and O–H groups in total. The minimum atomic E-state index is 0.321. The molecule has 5 heteroatoms. The highest BCUT2D eigenvalue weighted by molar-refractivity contribution is 7.09. The molecule has 3 rings (SSSR count). The van der Waals surface area contributed by atoms with Crippen molar-refractivity contribution in [1.82, 2.24) is 9.97 Å². The van der Waals surface area contributed by atoms with Gasteiger partial charge in [-0.05, 0) is 30.0 Å². The van der Waals surface area contributed by atoms with Crippen molar-refractivity contribution in [2.75, 3.05) is 24.2 Å². The van der Waals surface area contributed by atoms with Gasteiger partial charge in [-0.25, -0.2) is 4.98 Å². The van der Waals surface area contributed by atoms with Crippen LogP contribution in [0.3, 0.4) is 0 Å². The van der Waals surface area contributed by atoms with E-state index >= 15 is 0 Å². The van der Waals surface area contributed by atoms with E-state index < -0.39 is 0 Å². The molecule has 102 valence electrons. The Balaban J connectivity index is 1.88. The van der Waals surface area contributed by atoms with Crippen LogP contribution in [0.15, 0.2) is 41.8 Å². The van der Waals surface area contributed by atoms with Gasteiger partial charge in [-0.2, -0.15) is 4.98 Å². The molecule has 0 bridgehead atoms. The molecular formula is C15H16N4S. The van der Waals surface area contributed by atoms with Crippen LogP contribution in [0.5, 0.6) is 0 Å². The molecule has 0 atom stereocenters. The van der Waals surface area contributed by atoms with E-state index in [0.29, 0.717) is 5.95 Å². The van der Waals surface area contributed by atoms with Gasteiger partial charge in [0.15, 0.2) is 0 Å². The standard InChI is InChI=1S/C15H16N4S/c1-19(9-8-11-5-4-10-20-11)14-12-6-2-3-7-13(12)17-15(16)18-14/h2-7,10H,8-9H2,1H3,(H2,16,17,18). The van der Waals surface area contributed by atoms with Gasteiger partial charge < -0.3 is 10.6 Å². The Labute approximate surface area is 121 Å². The number of hydrogen-bond acceptors (Lipinski definition) is 5. The average Bonchev–Trinajstić information content (AvgIpc) is 2.97. The van der Waals surface area contributed by atoms with Crippen molar-refractivity contribution < 1.29 is 0 Å². The SMILES string of the molecule is CN(CCc1cccs1)c1nc(N)nc2ccccc12. The third-order valence-corrected chi connectivity index (χ3v) is 4.17. The van der Waals surface area contributed by atoms with Crippen LogP contribution in [0.4, 0.5) is 11.8 Å². The molecule has 0 radical (unpaired) electrons. The largest absolute Gasteiger partial charge is 0.368 e. The molecule has 0 unspecified atom stereocenters. The summed E-state index contributed by atoms with van der Waals surface area (Å²) in [6.07, 6.45) is 1.01. The highest BCUT2D eigenvalue weighted by Crippen LogP contribution is 2.24. The van der Waals surface area contributed by atoms with Gasteiger partial charge in [-0.3, -0.25) is 0 Å². The van der Waals surface area contributed by atoms with E-state index in [1.165, 1.54) is 4.88 Å². The van der Waals surface area contributed by atoms with Crippen molar-refractivity contribution in [2.24, 2.45) is 0 Å². The Morgan fingerprint density at radius 2 is 2.00 bits per heavy atom. The first-order valence-electron chi connectivity index (χ1n) is 6.50.